The van der Waals surface area contributed by atoms with Gasteiger partial charge in [0.15, 0.2) is 0 Å². The molecule has 1 aromatic carbocycles. The fourth-order valence-corrected chi connectivity index (χ4v) is 2.76. The molecule has 0 aliphatic heterocycles. The maximum atomic E-state index is 12.1. The Labute approximate surface area is 125 Å². The van der Waals surface area contributed by atoms with Crippen LogP contribution in [0, 0.1) is 5.41 Å². The monoisotopic (exact) mass is 340 g/mol. The summed E-state index contributed by atoms with van der Waals surface area (Å²) in [5.41, 5.74) is 6.28. The minimum Gasteiger partial charge on any atom is -0.478 e. The second-order valence-corrected chi connectivity index (χ2v) is 6.14. The number of nitrogens with two attached hydrogens (primary N) is 1. The van der Waals surface area contributed by atoms with Crippen molar-refractivity contribution in [2.24, 2.45) is 11.1 Å². The normalized spacial score (nSPS) is 16.3. The second-order valence-electron chi connectivity index (χ2n) is 5.28. The average molecular weight is 341 g/mol. The van der Waals surface area contributed by atoms with Gasteiger partial charge in [-0.3, -0.25) is 4.79 Å². The number of hydrogen-bond donors (Lipinski definition) is 3. The number of nitrogens with one attached hydrogen (secondary N) is 1. The van der Waals surface area contributed by atoms with Crippen LogP contribution < -0.4 is 11.1 Å². The van der Waals surface area contributed by atoms with Gasteiger partial charge in [0.1, 0.15) is 0 Å². The van der Waals surface area contributed by atoms with Gasteiger partial charge in [-0.15, -0.1) is 0 Å². The Morgan fingerprint density at radius 1 is 1.40 bits per heavy atom. The number of aromatic carboxylic acids is 1. The third-order valence-corrected chi connectivity index (χ3v) is 4.56. The molecule has 0 radical (unpaired) electrons. The molecule has 108 valence electrons. The van der Waals surface area contributed by atoms with Gasteiger partial charge in [0.25, 0.3) is 0 Å². The molecule has 1 saturated carbocycles. The van der Waals surface area contributed by atoms with E-state index in [1.807, 2.05) is 0 Å². The van der Waals surface area contributed by atoms with E-state index in [9.17, 15) is 9.59 Å². The lowest BCUT2D eigenvalue weighted by Gasteiger charge is -2.40. The summed E-state index contributed by atoms with van der Waals surface area (Å²) in [5.74, 6) is -1.15. The molecular formula is C14H17BrN2O3. The first kappa shape index (κ1) is 15.0. The Balaban J connectivity index is 2.07. The summed E-state index contributed by atoms with van der Waals surface area (Å²) in [6, 6.07) is 4.54. The van der Waals surface area contributed by atoms with Gasteiger partial charge in [-0.1, -0.05) is 6.42 Å². The van der Waals surface area contributed by atoms with E-state index in [2.05, 4.69) is 21.2 Å². The third kappa shape index (κ3) is 3.19. The van der Waals surface area contributed by atoms with Gasteiger partial charge in [0.2, 0.25) is 5.91 Å². The fraction of sp³-hybridized carbons (Fsp3) is 0.429. The van der Waals surface area contributed by atoms with E-state index < -0.39 is 5.97 Å². The minimum absolute atomic E-state index is 0.0685. The summed E-state index contributed by atoms with van der Waals surface area (Å²) < 4.78 is 0.659. The highest BCUT2D eigenvalue weighted by atomic mass is 79.9. The lowest BCUT2D eigenvalue weighted by molar-refractivity contribution is -0.119. The number of benzene rings is 1. The van der Waals surface area contributed by atoms with Crippen LogP contribution in [0.2, 0.25) is 0 Å². The largest absolute Gasteiger partial charge is 0.478 e. The van der Waals surface area contributed by atoms with E-state index >= 15 is 0 Å². The Kier molecular flexibility index (Phi) is 4.45. The van der Waals surface area contributed by atoms with Crippen LogP contribution in [0.1, 0.15) is 36.0 Å². The highest BCUT2D eigenvalue weighted by Crippen LogP contribution is 2.43. The number of rotatable bonds is 5. The minimum atomic E-state index is -1.02. The Morgan fingerprint density at radius 2 is 2.10 bits per heavy atom. The zero-order valence-corrected chi connectivity index (χ0v) is 12.6. The molecular weight excluding hydrogens is 324 g/mol. The molecule has 0 bridgehead atoms. The zero-order valence-electron chi connectivity index (χ0n) is 11.0. The van der Waals surface area contributed by atoms with Crippen LogP contribution in [0.3, 0.4) is 0 Å². The van der Waals surface area contributed by atoms with Crippen LogP contribution in [0.15, 0.2) is 22.7 Å². The Morgan fingerprint density at radius 3 is 2.60 bits per heavy atom. The van der Waals surface area contributed by atoms with E-state index in [1.165, 1.54) is 12.1 Å². The van der Waals surface area contributed by atoms with Crippen molar-refractivity contribution in [1.29, 1.82) is 0 Å². The van der Waals surface area contributed by atoms with Gasteiger partial charge < -0.3 is 16.2 Å². The third-order valence-electron chi connectivity index (χ3n) is 3.87. The van der Waals surface area contributed by atoms with E-state index in [1.54, 1.807) is 6.07 Å². The predicted octanol–water partition coefficient (Wildman–Crippen LogP) is 2.60. The highest BCUT2D eigenvalue weighted by Gasteiger charge is 2.37. The fourth-order valence-electron chi connectivity index (χ4n) is 2.42. The second kappa shape index (κ2) is 5.93. The summed E-state index contributed by atoms with van der Waals surface area (Å²) in [5, 5.41) is 11.7. The van der Waals surface area contributed by atoms with Crippen molar-refractivity contribution in [2.45, 2.75) is 25.7 Å². The quantitative estimate of drug-likeness (QED) is 0.768. The number of anilines is 1. The first-order valence-corrected chi connectivity index (χ1v) is 7.28. The number of amides is 1. The van der Waals surface area contributed by atoms with Gasteiger partial charge in [-0.2, -0.15) is 0 Å². The summed E-state index contributed by atoms with van der Waals surface area (Å²) in [6.45, 7) is 0.511. The summed E-state index contributed by atoms with van der Waals surface area (Å²) >= 11 is 3.30. The highest BCUT2D eigenvalue weighted by molar-refractivity contribution is 9.10. The molecule has 0 aromatic heterocycles. The molecule has 0 spiro atoms. The van der Waals surface area contributed by atoms with Crippen molar-refractivity contribution < 1.29 is 14.7 Å². The molecule has 1 fully saturated rings. The molecule has 1 aliphatic carbocycles. The molecule has 1 amide bonds. The van der Waals surface area contributed by atoms with Crippen LogP contribution in [0.4, 0.5) is 5.69 Å². The lowest BCUT2D eigenvalue weighted by atomic mass is 9.66. The van der Waals surface area contributed by atoms with E-state index in [4.69, 9.17) is 10.8 Å². The van der Waals surface area contributed by atoms with Gasteiger partial charge in [0.05, 0.1) is 11.3 Å². The maximum Gasteiger partial charge on any atom is 0.335 e. The van der Waals surface area contributed by atoms with Crippen LogP contribution in [0.25, 0.3) is 0 Å². The standard InChI is InChI=1S/C14H17BrN2O3/c15-10-3-2-9(13(19)20)6-11(10)17-12(18)7-14(8-16)4-1-5-14/h2-3,6H,1,4-5,7-8,16H2,(H,17,18)(H,19,20). The van der Waals surface area contributed by atoms with Crippen molar-refractivity contribution in [2.75, 3.05) is 11.9 Å². The van der Waals surface area contributed by atoms with E-state index in [-0.39, 0.29) is 16.9 Å². The van der Waals surface area contributed by atoms with Gasteiger partial charge in [-0.05, 0) is 58.9 Å². The van der Waals surface area contributed by atoms with Gasteiger partial charge in [0, 0.05) is 10.9 Å². The number of hydrogen-bond acceptors (Lipinski definition) is 3. The van der Waals surface area contributed by atoms with Crippen LogP contribution in [-0.4, -0.2) is 23.5 Å². The molecule has 1 aliphatic rings. The molecule has 5 nitrogen and oxygen atoms in total. The zero-order chi connectivity index (χ0) is 14.8. The van der Waals surface area contributed by atoms with Crippen molar-refractivity contribution in [3.63, 3.8) is 0 Å². The molecule has 6 heteroatoms. The van der Waals surface area contributed by atoms with Crippen molar-refractivity contribution >= 4 is 33.5 Å². The Hall–Kier alpha value is -1.40. The summed E-state index contributed by atoms with van der Waals surface area (Å²) in [4.78, 5) is 23.0. The van der Waals surface area contributed by atoms with Crippen LogP contribution >= 0.6 is 15.9 Å². The van der Waals surface area contributed by atoms with E-state index in [0.717, 1.165) is 19.3 Å². The topological polar surface area (TPSA) is 92.4 Å². The molecule has 0 heterocycles. The van der Waals surface area contributed by atoms with Crippen molar-refractivity contribution in [1.82, 2.24) is 0 Å². The number of carbonyl (C=O) groups is 2. The van der Waals surface area contributed by atoms with Crippen LogP contribution in [-0.2, 0) is 4.79 Å². The molecule has 2 rings (SSSR count). The molecule has 20 heavy (non-hydrogen) atoms. The number of carboxylic acid groups (broad SMARTS) is 1. The molecule has 0 saturated heterocycles. The SMILES string of the molecule is NCC1(CC(=O)Nc2cc(C(=O)O)ccc2Br)CCC1. The predicted molar refractivity (Wildman–Crippen MR) is 79.7 cm³/mol. The molecule has 0 atom stereocenters. The first-order valence-electron chi connectivity index (χ1n) is 6.48. The van der Waals surface area contributed by atoms with Crippen LogP contribution in [0.5, 0.6) is 0 Å². The summed E-state index contributed by atoms with van der Waals surface area (Å²) in [6.07, 6.45) is 3.45. The number of halogens is 1. The van der Waals surface area contributed by atoms with Gasteiger partial charge >= 0.3 is 5.97 Å². The average Bonchev–Trinajstić information content (AvgIpc) is 2.36. The van der Waals surface area contributed by atoms with Gasteiger partial charge in [-0.25, -0.2) is 4.79 Å². The molecule has 0 unspecified atom stereocenters. The van der Waals surface area contributed by atoms with Crippen molar-refractivity contribution in [3.8, 4) is 0 Å². The van der Waals surface area contributed by atoms with Crippen molar-refractivity contribution in [3.05, 3.63) is 28.2 Å². The number of carbonyl (C=O) groups excluding carboxylic acids is 1. The first-order chi connectivity index (χ1) is 9.46. The molecule has 1 aromatic rings. The lowest BCUT2D eigenvalue weighted by Crippen LogP contribution is -2.40. The van der Waals surface area contributed by atoms with E-state index in [0.29, 0.717) is 23.1 Å². The molecule has 4 N–H and O–H groups in total. The summed E-state index contributed by atoms with van der Waals surface area (Å²) in [7, 11) is 0. The number of carboxylic acids is 1. The Bertz CT molecular complexity index is 536. The smallest absolute Gasteiger partial charge is 0.335 e. The maximum absolute atomic E-state index is 12.1.